The Kier molecular flexibility index (Phi) is 10.3. The summed E-state index contributed by atoms with van der Waals surface area (Å²) in [5.74, 6) is -1.29. The zero-order valence-corrected chi connectivity index (χ0v) is 30.6. The maximum absolute atomic E-state index is 13.9. The number of amides is 4. The van der Waals surface area contributed by atoms with E-state index >= 15 is 0 Å². The van der Waals surface area contributed by atoms with Gasteiger partial charge in [-0.3, -0.25) is 19.2 Å². The number of benzene rings is 2. The molecule has 3 saturated carbocycles. The van der Waals surface area contributed by atoms with Gasteiger partial charge in [-0.1, -0.05) is 70.2 Å². The van der Waals surface area contributed by atoms with E-state index in [1.807, 2.05) is 6.07 Å². The summed E-state index contributed by atoms with van der Waals surface area (Å²) in [6, 6.07) is 10.6. The molecule has 4 fully saturated rings. The third-order valence-corrected chi connectivity index (χ3v) is 11.7. The Hall–Kier alpha value is -4.31. The molecule has 2 bridgehead atoms. The lowest BCUT2D eigenvalue weighted by atomic mass is 9.43. The Labute approximate surface area is 307 Å². The fraction of sp³-hybridized carbons (Fsp3) is 0.568. The minimum absolute atomic E-state index is 0.0408. The highest BCUT2D eigenvalue weighted by molar-refractivity contribution is 6.46. The van der Waals surface area contributed by atoms with Crippen LogP contribution in [0.5, 0.6) is 0 Å². The minimum Gasteiger partial charge on any atom is -0.404 e. The van der Waals surface area contributed by atoms with Gasteiger partial charge in [-0.2, -0.15) is 13.2 Å². The van der Waals surface area contributed by atoms with E-state index in [4.69, 9.17) is 9.31 Å². The van der Waals surface area contributed by atoms with Crippen molar-refractivity contribution in [2.75, 3.05) is 11.3 Å². The number of alkyl halides is 3. The SMILES string of the molecule is CC(C)[C@@H](C(=O)N[C@@H](Cc1ccccc1)C(=O)N[C@@H](C)C(=O)NCB1O[C@@H]2C[C@@H]3C[C@@H](C3(C)C)[C@]2(C)O1)N(C=O)c1ccc(C2(C(F)(F)F)N=N2)cc1. The summed E-state index contributed by atoms with van der Waals surface area (Å²) in [4.78, 5) is 54.4. The van der Waals surface area contributed by atoms with Gasteiger partial charge in [0.1, 0.15) is 18.1 Å². The first-order valence-corrected chi connectivity index (χ1v) is 18.0. The molecule has 2 aromatic rings. The Bertz CT molecular complexity index is 1740. The largest absolute Gasteiger partial charge is 0.478 e. The number of carbonyl (C=O) groups excluding carboxylic acids is 4. The molecule has 5 aliphatic rings. The number of anilines is 1. The van der Waals surface area contributed by atoms with Crippen molar-refractivity contribution in [1.82, 2.24) is 16.0 Å². The molecule has 0 aromatic heterocycles. The lowest BCUT2D eigenvalue weighted by Crippen LogP contribution is -2.65. The molecule has 3 N–H and O–H groups in total. The van der Waals surface area contributed by atoms with Gasteiger partial charge in [-0.15, -0.1) is 10.2 Å². The number of carbonyl (C=O) groups is 4. The van der Waals surface area contributed by atoms with Crippen LogP contribution in [0, 0.1) is 23.2 Å². The van der Waals surface area contributed by atoms with Crippen LogP contribution >= 0.6 is 0 Å². The first-order valence-electron chi connectivity index (χ1n) is 18.0. The molecule has 2 heterocycles. The van der Waals surface area contributed by atoms with Crippen molar-refractivity contribution in [1.29, 1.82) is 0 Å². The number of nitrogens with zero attached hydrogens (tertiary/aromatic N) is 3. The van der Waals surface area contributed by atoms with Gasteiger partial charge in [-0.25, -0.2) is 0 Å². The van der Waals surface area contributed by atoms with E-state index in [2.05, 4.69) is 47.0 Å². The Morgan fingerprint density at radius 3 is 2.19 bits per heavy atom. The van der Waals surface area contributed by atoms with Gasteiger partial charge >= 0.3 is 19.0 Å². The van der Waals surface area contributed by atoms with Gasteiger partial charge in [0, 0.05) is 17.7 Å². The highest BCUT2D eigenvalue weighted by Crippen LogP contribution is 2.65. The van der Waals surface area contributed by atoms with Gasteiger partial charge in [-0.05, 0) is 67.6 Å². The molecule has 0 unspecified atom stereocenters. The summed E-state index contributed by atoms with van der Waals surface area (Å²) in [6.07, 6.45) is -2.16. The van der Waals surface area contributed by atoms with Crippen LogP contribution in [0.25, 0.3) is 0 Å². The molecular weight excluding hydrogens is 692 g/mol. The summed E-state index contributed by atoms with van der Waals surface area (Å²) in [7, 11) is -0.619. The third kappa shape index (κ3) is 7.19. The first kappa shape index (κ1) is 38.4. The van der Waals surface area contributed by atoms with Crippen LogP contribution in [0.3, 0.4) is 0 Å². The van der Waals surface area contributed by atoms with Gasteiger partial charge in [0.25, 0.3) is 0 Å². The molecule has 12 nitrogen and oxygen atoms in total. The van der Waals surface area contributed by atoms with E-state index in [9.17, 15) is 32.3 Å². The summed E-state index contributed by atoms with van der Waals surface area (Å²) < 4.78 is 53.2. The van der Waals surface area contributed by atoms with E-state index in [0.29, 0.717) is 18.2 Å². The quantitative estimate of drug-likeness (QED) is 0.192. The van der Waals surface area contributed by atoms with E-state index in [0.717, 1.165) is 35.4 Å². The van der Waals surface area contributed by atoms with Crippen LogP contribution < -0.4 is 20.9 Å². The van der Waals surface area contributed by atoms with Gasteiger partial charge in [0.15, 0.2) is 0 Å². The zero-order valence-electron chi connectivity index (χ0n) is 30.6. The van der Waals surface area contributed by atoms with Crippen molar-refractivity contribution in [3.05, 3.63) is 65.7 Å². The molecule has 0 spiro atoms. The molecule has 3 aliphatic carbocycles. The molecule has 2 aliphatic heterocycles. The molecule has 2 aromatic carbocycles. The normalized spacial score (nSPS) is 26.4. The van der Waals surface area contributed by atoms with Crippen LogP contribution in [0.1, 0.15) is 65.5 Å². The van der Waals surface area contributed by atoms with Crippen molar-refractivity contribution in [2.24, 2.45) is 33.4 Å². The van der Waals surface area contributed by atoms with E-state index < -0.39 is 66.3 Å². The minimum atomic E-state index is -4.72. The number of nitrogens with one attached hydrogen (secondary N) is 3. The van der Waals surface area contributed by atoms with Crippen LogP contribution in [-0.4, -0.2) is 73.7 Å². The lowest BCUT2D eigenvalue weighted by molar-refractivity contribution is -0.199. The second kappa shape index (κ2) is 14.2. The second-order valence-electron chi connectivity index (χ2n) is 15.7. The van der Waals surface area contributed by atoms with Crippen molar-refractivity contribution in [3.63, 3.8) is 0 Å². The molecule has 284 valence electrons. The molecule has 7 atom stereocenters. The number of rotatable bonds is 14. The average molecular weight is 739 g/mol. The molecule has 1 saturated heterocycles. The van der Waals surface area contributed by atoms with Crippen LogP contribution in [0.2, 0.25) is 0 Å². The predicted octanol–water partition coefficient (Wildman–Crippen LogP) is 4.47. The summed E-state index contributed by atoms with van der Waals surface area (Å²) in [5.41, 5.74) is -2.21. The Balaban J connectivity index is 1.10. The fourth-order valence-electron chi connectivity index (χ4n) is 8.42. The topological polar surface area (TPSA) is 151 Å². The number of hydrogen-bond donors (Lipinski definition) is 3. The van der Waals surface area contributed by atoms with Crippen molar-refractivity contribution < 1.29 is 41.7 Å². The Morgan fingerprint density at radius 2 is 1.62 bits per heavy atom. The van der Waals surface area contributed by atoms with Gasteiger partial charge in [0.05, 0.1) is 18.1 Å². The number of halogens is 3. The smallest absolute Gasteiger partial charge is 0.404 e. The molecule has 53 heavy (non-hydrogen) atoms. The molecule has 0 radical (unpaired) electrons. The summed E-state index contributed by atoms with van der Waals surface area (Å²) in [6.45, 7) is 11.6. The standard InChI is InChI=1S/C37H46BF3N6O6/c1-21(2)30(47(20-48)26-14-12-24(13-15-26)36(45-46-36)37(39,40)41)33(51)44-27(16-23-10-8-7-9-11-23)32(50)43-22(3)31(49)42-19-38-52-29-18-25-17-28(34(25,4)5)35(29,6)53-38/h7-15,20-22,25,27-30H,16-19H2,1-6H3,(H,42,49)(H,43,50)(H,44,51)/t22-,25-,27-,28-,29+,30-,35-/m0/s1. The third-order valence-electron chi connectivity index (χ3n) is 11.7. The lowest BCUT2D eigenvalue weighted by Gasteiger charge is -2.64. The maximum atomic E-state index is 13.9. The molecular formula is C37H46BF3N6O6. The van der Waals surface area contributed by atoms with E-state index in [1.165, 1.54) is 19.1 Å². The first-order chi connectivity index (χ1) is 24.9. The summed E-state index contributed by atoms with van der Waals surface area (Å²) >= 11 is 0. The monoisotopic (exact) mass is 738 g/mol. The highest BCUT2D eigenvalue weighted by atomic mass is 19.4. The molecule has 16 heteroatoms. The van der Waals surface area contributed by atoms with Gasteiger partial charge in [0.2, 0.25) is 24.1 Å². The average Bonchev–Trinajstić information content (AvgIpc) is 3.86. The van der Waals surface area contributed by atoms with Crippen LogP contribution in [0.15, 0.2) is 64.8 Å². The van der Waals surface area contributed by atoms with Crippen LogP contribution in [0.4, 0.5) is 18.9 Å². The Morgan fingerprint density at radius 1 is 0.962 bits per heavy atom. The van der Waals surface area contributed by atoms with Crippen molar-refractivity contribution in [3.8, 4) is 0 Å². The fourth-order valence-corrected chi connectivity index (χ4v) is 8.42. The predicted molar refractivity (Wildman–Crippen MR) is 189 cm³/mol. The molecule has 4 amide bonds. The maximum Gasteiger partial charge on any atom is 0.478 e. The van der Waals surface area contributed by atoms with Crippen LogP contribution in [-0.2, 0) is 40.6 Å². The summed E-state index contributed by atoms with van der Waals surface area (Å²) in [5, 5.41) is 14.7. The van der Waals surface area contributed by atoms with E-state index in [-0.39, 0.29) is 35.6 Å². The zero-order chi connectivity index (χ0) is 38.5. The number of hydrogen-bond acceptors (Lipinski definition) is 8. The van der Waals surface area contributed by atoms with E-state index in [1.54, 1.807) is 38.1 Å². The second-order valence-corrected chi connectivity index (χ2v) is 15.7. The van der Waals surface area contributed by atoms with Gasteiger partial charge < -0.3 is 30.2 Å². The molecule has 7 rings (SSSR count). The van der Waals surface area contributed by atoms with Crippen molar-refractivity contribution >= 4 is 36.9 Å². The highest BCUT2D eigenvalue weighted by Gasteiger charge is 2.68. The van der Waals surface area contributed by atoms with Crippen molar-refractivity contribution in [2.45, 2.75) is 102 Å².